The van der Waals surface area contributed by atoms with E-state index in [1.165, 1.54) is 0 Å². The van der Waals surface area contributed by atoms with Gasteiger partial charge in [0.1, 0.15) is 0 Å². The quantitative estimate of drug-likeness (QED) is 0.656. The molecule has 0 saturated heterocycles. The van der Waals surface area contributed by atoms with Crippen LogP contribution in [0.5, 0.6) is 0 Å². The summed E-state index contributed by atoms with van der Waals surface area (Å²) in [5.41, 5.74) is 0.100. The number of hydrogen-bond donors (Lipinski definition) is 0. The summed E-state index contributed by atoms with van der Waals surface area (Å²) >= 11 is 0. The molecule has 0 heterocycles. The lowest BCUT2D eigenvalue weighted by molar-refractivity contribution is 0.0825. The van der Waals surface area contributed by atoms with Crippen LogP contribution in [0.4, 0.5) is 0 Å². The molecule has 0 fully saturated rings. The largest absolute Gasteiger partial charge is 0.198 e. The van der Waals surface area contributed by atoms with Crippen molar-refractivity contribution >= 4 is 0 Å². The number of nitriles is 1. The zero-order valence-corrected chi connectivity index (χ0v) is 11.6. The highest BCUT2D eigenvalue weighted by atomic mass is 14.5. The minimum atomic E-state index is -0.181. The lowest BCUT2D eigenvalue weighted by atomic mass is 9.59. The third kappa shape index (κ3) is 3.86. The second kappa shape index (κ2) is 4.56. The van der Waals surface area contributed by atoms with Crippen LogP contribution >= 0.6 is 0 Å². The molecule has 1 heteroatoms. The lowest BCUT2D eigenvalue weighted by Crippen LogP contribution is -2.37. The smallest absolute Gasteiger partial charge is 0.0695 e. The third-order valence-electron chi connectivity index (χ3n) is 3.16. The molecule has 0 spiro atoms. The van der Waals surface area contributed by atoms with Crippen molar-refractivity contribution in [3.8, 4) is 6.07 Å². The minimum Gasteiger partial charge on any atom is -0.198 e. The van der Waals surface area contributed by atoms with Gasteiger partial charge in [0.25, 0.3) is 0 Å². The monoisotopic (exact) mass is 209 g/mol. The first-order valence-corrected chi connectivity index (χ1v) is 5.99. The fourth-order valence-electron chi connectivity index (χ4n) is 2.32. The molecular weight excluding hydrogens is 182 g/mol. The van der Waals surface area contributed by atoms with Gasteiger partial charge in [-0.05, 0) is 23.7 Å². The summed E-state index contributed by atoms with van der Waals surface area (Å²) in [7, 11) is 0. The van der Waals surface area contributed by atoms with Gasteiger partial charge in [0.2, 0.25) is 0 Å². The molecule has 1 atom stereocenters. The summed E-state index contributed by atoms with van der Waals surface area (Å²) in [6, 6.07) is 2.61. The molecule has 0 radical (unpaired) electrons. The van der Waals surface area contributed by atoms with Crippen LogP contribution < -0.4 is 0 Å². The molecule has 0 rings (SSSR count). The Hall–Kier alpha value is -0.510. The molecule has 0 bridgehead atoms. The van der Waals surface area contributed by atoms with Crippen LogP contribution in [0.25, 0.3) is 0 Å². The van der Waals surface area contributed by atoms with E-state index in [0.29, 0.717) is 0 Å². The predicted octanol–water partition coefficient (Wildman–Crippen LogP) is 4.78. The molecule has 0 N–H and O–H groups in total. The second-order valence-electron chi connectivity index (χ2n) is 6.93. The summed E-state index contributed by atoms with van der Waals surface area (Å²) in [5, 5.41) is 9.56. The predicted molar refractivity (Wildman–Crippen MR) is 66.5 cm³/mol. The second-order valence-corrected chi connectivity index (χ2v) is 6.93. The summed E-state index contributed by atoms with van der Waals surface area (Å²) in [5.74, 6) is 0. The molecule has 0 aliphatic carbocycles. The fourth-order valence-corrected chi connectivity index (χ4v) is 2.32. The van der Waals surface area contributed by atoms with Gasteiger partial charge in [-0.2, -0.15) is 5.26 Å². The summed E-state index contributed by atoms with van der Waals surface area (Å²) in [4.78, 5) is 0. The highest BCUT2D eigenvalue weighted by molar-refractivity contribution is 5.07. The first kappa shape index (κ1) is 14.5. The van der Waals surface area contributed by atoms with Crippen LogP contribution in [0.15, 0.2) is 0 Å². The van der Waals surface area contributed by atoms with Crippen LogP contribution in [0.1, 0.15) is 67.7 Å². The molecule has 1 unspecified atom stereocenters. The average Bonchev–Trinajstić information content (AvgIpc) is 1.98. The van der Waals surface area contributed by atoms with Gasteiger partial charge in [0.05, 0.1) is 11.5 Å². The van der Waals surface area contributed by atoms with Crippen LogP contribution in [0.3, 0.4) is 0 Å². The van der Waals surface area contributed by atoms with Crippen LogP contribution in [-0.2, 0) is 0 Å². The van der Waals surface area contributed by atoms with E-state index in [0.717, 1.165) is 19.3 Å². The molecular formula is C14H27N. The van der Waals surface area contributed by atoms with E-state index in [-0.39, 0.29) is 16.2 Å². The van der Waals surface area contributed by atoms with Crippen molar-refractivity contribution in [2.45, 2.75) is 67.7 Å². The lowest BCUT2D eigenvalue weighted by Gasteiger charge is -2.43. The zero-order chi connectivity index (χ0) is 12.3. The Labute approximate surface area is 95.9 Å². The van der Waals surface area contributed by atoms with Crippen molar-refractivity contribution in [3.05, 3.63) is 0 Å². The molecule has 0 aliphatic heterocycles. The average molecular weight is 209 g/mol. The van der Waals surface area contributed by atoms with Gasteiger partial charge in [-0.15, -0.1) is 0 Å². The van der Waals surface area contributed by atoms with Crippen LogP contribution in [-0.4, -0.2) is 0 Å². The molecule has 0 aromatic heterocycles. The molecule has 0 aromatic carbocycles. The van der Waals surface area contributed by atoms with Gasteiger partial charge in [-0.3, -0.25) is 0 Å². The van der Waals surface area contributed by atoms with Crippen molar-refractivity contribution in [1.82, 2.24) is 0 Å². The van der Waals surface area contributed by atoms with Crippen molar-refractivity contribution in [2.75, 3.05) is 0 Å². The number of nitrogens with zero attached hydrogens (tertiary/aromatic N) is 1. The van der Waals surface area contributed by atoms with Gasteiger partial charge in [0, 0.05) is 0 Å². The van der Waals surface area contributed by atoms with E-state index >= 15 is 0 Å². The van der Waals surface area contributed by atoms with Gasteiger partial charge >= 0.3 is 0 Å². The molecule has 0 saturated carbocycles. The molecule has 0 aliphatic rings. The Bertz CT molecular complexity index is 234. The fraction of sp³-hybridized carbons (Fsp3) is 0.929. The highest BCUT2D eigenvalue weighted by Gasteiger charge is 2.43. The third-order valence-corrected chi connectivity index (χ3v) is 3.16. The van der Waals surface area contributed by atoms with Crippen LogP contribution in [0.2, 0.25) is 0 Å². The van der Waals surface area contributed by atoms with Crippen molar-refractivity contribution < 1.29 is 0 Å². The molecule has 1 nitrogen and oxygen atoms in total. The molecule has 0 aromatic rings. The van der Waals surface area contributed by atoms with Gasteiger partial charge in [0.15, 0.2) is 0 Å². The molecule has 15 heavy (non-hydrogen) atoms. The Morgan fingerprint density at radius 3 is 1.67 bits per heavy atom. The Kier molecular flexibility index (Phi) is 4.40. The van der Waals surface area contributed by atoms with E-state index in [9.17, 15) is 5.26 Å². The topological polar surface area (TPSA) is 23.8 Å². The standard InChI is InChI=1S/C14H27N/c1-8-9-14(11-15,13(5,6)7)10-12(2,3)4/h8-10H2,1-7H3. The van der Waals surface area contributed by atoms with Crippen LogP contribution in [0, 0.1) is 27.6 Å². The van der Waals surface area contributed by atoms with Crippen molar-refractivity contribution in [3.63, 3.8) is 0 Å². The summed E-state index contributed by atoms with van der Waals surface area (Å²) < 4.78 is 0. The summed E-state index contributed by atoms with van der Waals surface area (Å²) in [6.07, 6.45) is 3.07. The minimum absolute atomic E-state index is 0.0606. The highest BCUT2D eigenvalue weighted by Crippen LogP contribution is 2.49. The Morgan fingerprint density at radius 2 is 1.47 bits per heavy atom. The molecule has 0 amide bonds. The van der Waals surface area contributed by atoms with Crippen molar-refractivity contribution in [1.29, 1.82) is 5.26 Å². The normalized spacial score (nSPS) is 16.9. The van der Waals surface area contributed by atoms with E-state index in [1.807, 2.05) is 0 Å². The van der Waals surface area contributed by atoms with Crippen molar-refractivity contribution in [2.24, 2.45) is 16.2 Å². The maximum atomic E-state index is 9.56. The van der Waals surface area contributed by atoms with E-state index in [1.54, 1.807) is 0 Å². The maximum absolute atomic E-state index is 9.56. The van der Waals surface area contributed by atoms with Gasteiger partial charge in [-0.1, -0.05) is 54.9 Å². The van der Waals surface area contributed by atoms with Gasteiger partial charge in [-0.25, -0.2) is 0 Å². The van der Waals surface area contributed by atoms with E-state index in [4.69, 9.17) is 0 Å². The van der Waals surface area contributed by atoms with Gasteiger partial charge < -0.3 is 0 Å². The van der Waals surface area contributed by atoms with E-state index < -0.39 is 0 Å². The van der Waals surface area contributed by atoms with E-state index in [2.05, 4.69) is 54.5 Å². The number of hydrogen-bond acceptors (Lipinski definition) is 1. The molecule has 88 valence electrons. The number of rotatable bonds is 3. The summed E-state index contributed by atoms with van der Waals surface area (Å²) in [6.45, 7) is 15.4. The first-order valence-electron chi connectivity index (χ1n) is 5.99. The maximum Gasteiger partial charge on any atom is 0.0695 e. The zero-order valence-electron chi connectivity index (χ0n) is 11.6. The Morgan fingerprint density at radius 1 is 1.00 bits per heavy atom. The first-order chi connectivity index (χ1) is 6.58. The SMILES string of the molecule is CCCC(C#N)(CC(C)(C)C)C(C)(C)C. The Balaban J connectivity index is 5.11.